The molecule has 1 saturated heterocycles. The molecular formula is C16H22BrN3O2. The third-order valence-corrected chi connectivity index (χ3v) is 4.38. The van der Waals surface area contributed by atoms with Crippen molar-refractivity contribution in [2.75, 3.05) is 32.5 Å². The minimum Gasteiger partial charge on any atom is -0.331 e. The molecule has 0 saturated carbocycles. The lowest BCUT2D eigenvalue weighted by atomic mass is 9.97. The summed E-state index contributed by atoms with van der Waals surface area (Å²) in [6, 6.07) is 5.74. The summed E-state index contributed by atoms with van der Waals surface area (Å²) in [7, 11) is 3.47. The van der Waals surface area contributed by atoms with Crippen molar-refractivity contribution >= 4 is 33.6 Å². The maximum atomic E-state index is 12.5. The van der Waals surface area contributed by atoms with Crippen LogP contribution in [0.4, 0.5) is 10.5 Å². The molecule has 1 N–H and O–H groups in total. The van der Waals surface area contributed by atoms with Gasteiger partial charge in [-0.2, -0.15) is 0 Å². The first-order valence-corrected chi connectivity index (χ1v) is 8.21. The molecule has 3 amide bonds. The molecule has 0 radical (unpaired) electrons. The van der Waals surface area contributed by atoms with Crippen LogP contribution in [0.5, 0.6) is 0 Å². The van der Waals surface area contributed by atoms with Gasteiger partial charge in [-0.25, -0.2) is 4.79 Å². The van der Waals surface area contributed by atoms with Gasteiger partial charge in [-0.05, 0) is 43.5 Å². The van der Waals surface area contributed by atoms with Gasteiger partial charge in [0.05, 0.1) is 5.92 Å². The van der Waals surface area contributed by atoms with E-state index in [1.54, 1.807) is 23.9 Å². The number of anilines is 1. The van der Waals surface area contributed by atoms with E-state index in [-0.39, 0.29) is 17.9 Å². The van der Waals surface area contributed by atoms with E-state index in [1.165, 1.54) is 0 Å². The lowest BCUT2D eigenvalue weighted by molar-refractivity contribution is -0.121. The number of aryl methyl sites for hydroxylation is 1. The summed E-state index contributed by atoms with van der Waals surface area (Å²) < 4.78 is 0.989. The predicted octanol–water partition coefficient (Wildman–Crippen LogP) is 3.09. The normalized spacial score (nSPS) is 18.0. The monoisotopic (exact) mass is 367 g/mol. The molecular weight excluding hydrogens is 346 g/mol. The molecule has 0 aromatic heterocycles. The number of carbonyl (C=O) groups excluding carboxylic acids is 2. The molecule has 1 unspecified atom stereocenters. The van der Waals surface area contributed by atoms with Crippen LogP contribution in [-0.4, -0.2) is 48.9 Å². The highest BCUT2D eigenvalue weighted by molar-refractivity contribution is 9.10. The molecule has 22 heavy (non-hydrogen) atoms. The Morgan fingerprint density at radius 2 is 2.09 bits per heavy atom. The second-order valence-corrected chi connectivity index (χ2v) is 6.83. The number of rotatable bonds is 2. The first-order chi connectivity index (χ1) is 10.4. The Labute approximate surface area is 139 Å². The molecule has 120 valence electrons. The maximum Gasteiger partial charge on any atom is 0.319 e. The van der Waals surface area contributed by atoms with Crippen LogP contribution in [0.1, 0.15) is 18.4 Å². The number of carbonyl (C=O) groups is 2. The summed E-state index contributed by atoms with van der Waals surface area (Å²) >= 11 is 3.41. The molecule has 0 aliphatic carbocycles. The van der Waals surface area contributed by atoms with Gasteiger partial charge in [-0.1, -0.05) is 15.9 Å². The van der Waals surface area contributed by atoms with Crippen molar-refractivity contribution in [2.24, 2.45) is 5.92 Å². The van der Waals surface area contributed by atoms with Gasteiger partial charge in [-0.15, -0.1) is 0 Å². The fourth-order valence-electron chi connectivity index (χ4n) is 2.65. The number of hydrogen-bond donors (Lipinski definition) is 1. The largest absolute Gasteiger partial charge is 0.331 e. The molecule has 6 heteroatoms. The number of likely N-dealkylation sites (tertiary alicyclic amines) is 1. The maximum absolute atomic E-state index is 12.5. The van der Waals surface area contributed by atoms with Gasteiger partial charge in [0.1, 0.15) is 0 Å². The van der Waals surface area contributed by atoms with Crippen molar-refractivity contribution in [3.8, 4) is 0 Å². The Morgan fingerprint density at radius 1 is 1.36 bits per heavy atom. The van der Waals surface area contributed by atoms with E-state index in [0.29, 0.717) is 6.54 Å². The molecule has 1 aromatic carbocycles. The zero-order valence-corrected chi connectivity index (χ0v) is 14.8. The van der Waals surface area contributed by atoms with E-state index >= 15 is 0 Å². The quantitative estimate of drug-likeness (QED) is 0.872. The van der Waals surface area contributed by atoms with E-state index in [1.807, 2.05) is 25.1 Å². The Morgan fingerprint density at radius 3 is 2.73 bits per heavy atom. The first-order valence-electron chi connectivity index (χ1n) is 7.41. The molecule has 0 bridgehead atoms. The molecule has 5 nitrogen and oxygen atoms in total. The lowest BCUT2D eigenvalue weighted by Gasteiger charge is -2.33. The number of amides is 3. The third kappa shape index (κ3) is 4.00. The van der Waals surface area contributed by atoms with Crippen LogP contribution in [-0.2, 0) is 4.79 Å². The van der Waals surface area contributed by atoms with Crippen LogP contribution in [0.25, 0.3) is 0 Å². The molecule has 1 aliphatic rings. The number of nitrogens with zero attached hydrogens (tertiary/aromatic N) is 2. The Bertz CT molecular complexity index is 575. The summed E-state index contributed by atoms with van der Waals surface area (Å²) in [6.45, 7) is 3.17. The molecule has 1 aromatic rings. The number of nitrogens with one attached hydrogen (secondary N) is 1. The summed E-state index contributed by atoms with van der Waals surface area (Å²) in [5.74, 6) is -0.164. The number of hydrogen-bond acceptors (Lipinski definition) is 2. The van der Waals surface area contributed by atoms with Crippen LogP contribution in [0, 0.1) is 12.8 Å². The van der Waals surface area contributed by atoms with E-state index in [2.05, 4.69) is 21.2 Å². The van der Waals surface area contributed by atoms with Gasteiger partial charge in [0.15, 0.2) is 0 Å². The van der Waals surface area contributed by atoms with Crippen LogP contribution < -0.4 is 5.32 Å². The summed E-state index contributed by atoms with van der Waals surface area (Å²) in [4.78, 5) is 27.8. The second-order valence-electron chi connectivity index (χ2n) is 5.91. The second kappa shape index (κ2) is 7.13. The molecule has 1 aliphatic heterocycles. The summed E-state index contributed by atoms with van der Waals surface area (Å²) in [5.41, 5.74) is 1.84. The van der Waals surface area contributed by atoms with E-state index in [9.17, 15) is 9.59 Å². The number of halogens is 1. The number of piperidine rings is 1. The van der Waals surface area contributed by atoms with Gasteiger partial charge in [0.25, 0.3) is 0 Å². The highest BCUT2D eigenvalue weighted by Crippen LogP contribution is 2.23. The molecule has 1 atom stereocenters. The van der Waals surface area contributed by atoms with Crippen molar-refractivity contribution in [3.63, 3.8) is 0 Å². The predicted molar refractivity (Wildman–Crippen MR) is 90.9 cm³/mol. The van der Waals surface area contributed by atoms with E-state index in [4.69, 9.17) is 0 Å². The molecule has 1 fully saturated rings. The Kier molecular flexibility index (Phi) is 5.45. The SMILES string of the molecule is Cc1cc(Br)ccc1NC(=O)C1CCCN(C(=O)N(C)C)C1. The summed E-state index contributed by atoms with van der Waals surface area (Å²) in [5, 5.41) is 2.98. The average molecular weight is 368 g/mol. The Hall–Kier alpha value is -1.56. The fraction of sp³-hybridized carbons (Fsp3) is 0.500. The van der Waals surface area contributed by atoms with Gasteiger partial charge < -0.3 is 15.1 Å². The lowest BCUT2D eigenvalue weighted by Crippen LogP contribution is -2.47. The highest BCUT2D eigenvalue weighted by Gasteiger charge is 2.29. The minimum absolute atomic E-state index is 0.0123. The van der Waals surface area contributed by atoms with E-state index in [0.717, 1.165) is 35.1 Å². The Balaban J connectivity index is 2.01. The van der Waals surface area contributed by atoms with Crippen molar-refractivity contribution < 1.29 is 9.59 Å². The van der Waals surface area contributed by atoms with Crippen LogP contribution in [0.3, 0.4) is 0 Å². The number of urea groups is 1. The van der Waals surface area contributed by atoms with Gasteiger partial charge >= 0.3 is 6.03 Å². The first kappa shape index (κ1) is 16.8. The van der Waals surface area contributed by atoms with E-state index < -0.39 is 0 Å². The van der Waals surface area contributed by atoms with Crippen molar-refractivity contribution in [3.05, 3.63) is 28.2 Å². The zero-order chi connectivity index (χ0) is 16.3. The minimum atomic E-state index is -0.152. The fourth-order valence-corrected chi connectivity index (χ4v) is 3.13. The van der Waals surface area contributed by atoms with Crippen LogP contribution in [0.2, 0.25) is 0 Å². The average Bonchev–Trinajstić information content (AvgIpc) is 2.49. The molecule has 0 spiro atoms. The standard InChI is InChI=1S/C16H22BrN3O2/c1-11-9-13(17)6-7-14(11)18-15(21)12-5-4-8-20(10-12)16(22)19(2)3/h6-7,9,12H,4-5,8,10H2,1-3H3,(H,18,21). The van der Waals surface area contributed by atoms with Crippen molar-refractivity contribution in [1.29, 1.82) is 0 Å². The van der Waals surface area contributed by atoms with Gasteiger partial charge in [-0.3, -0.25) is 4.79 Å². The van der Waals surface area contributed by atoms with Crippen molar-refractivity contribution in [2.45, 2.75) is 19.8 Å². The highest BCUT2D eigenvalue weighted by atomic mass is 79.9. The molecule has 1 heterocycles. The van der Waals surface area contributed by atoms with Crippen molar-refractivity contribution in [1.82, 2.24) is 9.80 Å². The van der Waals surface area contributed by atoms with Crippen LogP contribution in [0.15, 0.2) is 22.7 Å². The topological polar surface area (TPSA) is 52.7 Å². The molecule has 2 rings (SSSR count). The van der Waals surface area contributed by atoms with Gasteiger partial charge in [0, 0.05) is 37.3 Å². The summed E-state index contributed by atoms with van der Waals surface area (Å²) in [6.07, 6.45) is 1.68. The van der Waals surface area contributed by atoms with Gasteiger partial charge in [0.2, 0.25) is 5.91 Å². The smallest absolute Gasteiger partial charge is 0.319 e. The third-order valence-electron chi connectivity index (χ3n) is 3.89. The number of benzene rings is 1. The van der Waals surface area contributed by atoms with Crippen LogP contribution >= 0.6 is 15.9 Å². The zero-order valence-electron chi connectivity index (χ0n) is 13.2.